The zero-order valence-corrected chi connectivity index (χ0v) is 24.5. The Morgan fingerprint density at radius 2 is 1.48 bits per heavy atom. The number of nitrogens with one attached hydrogen (secondary N) is 2. The highest BCUT2D eigenvalue weighted by molar-refractivity contribution is 5.79. The smallest absolute Gasteiger partial charge is 0.330 e. The number of hydrogen-bond donors (Lipinski definition) is 3. The molecule has 1 amide bonds. The lowest BCUT2D eigenvalue weighted by molar-refractivity contribution is -0.170. The van der Waals surface area contributed by atoms with Crippen LogP contribution in [0.15, 0.2) is 94.6 Å². The number of aryl methyl sites for hydroxylation is 1. The second-order valence-corrected chi connectivity index (χ2v) is 11.1. The van der Waals surface area contributed by atoms with E-state index in [1.54, 1.807) is 21.1 Å². The molecule has 2 saturated heterocycles. The number of rotatable bonds is 9. The summed E-state index contributed by atoms with van der Waals surface area (Å²) in [5.74, 6) is 0.963. The number of aliphatic hydroxyl groups excluding tert-OH is 1. The molecule has 2 bridgehead atoms. The standard InChI is InChI=1S/C33H33N3O8/c1-20-18-36(31(40)35-29(20)39)30-27-28(38)32(44-30,17-26(37)34-27)19-43-33(21-7-5-4-6-8-21,22-9-13-24(41-2)14-10-22)23-11-15-25(42-3)16-12-23/h4-16,18,27-28,30,38H,17,19H2,1-3H3,(H,34,37)(H,35,39,40)/t27-,28+,30-,32-/m1/s1. The molecule has 0 saturated carbocycles. The lowest BCUT2D eigenvalue weighted by Gasteiger charge is -2.41. The van der Waals surface area contributed by atoms with Crippen LogP contribution in [-0.2, 0) is 19.9 Å². The van der Waals surface area contributed by atoms with E-state index < -0.39 is 40.8 Å². The predicted octanol–water partition coefficient (Wildman–Crippen LogP) is 2.39. The summed E-state index contributed by atoms with van der Waals surface area (Å²) < 4.78 is 25.4. The molecule has 44 heavy (non-hydrogen) atoms. The molecule has 0 unspecified atom stereocenters. The van der Waals surface area contributed by atoms with E-state index in [0.717, 1.165) is 16.7 Å². The monoisotopic (exact) mass is 599 g/mol. The molecular formula is C33H33N3O8. The fourth-order valence-electron chi connectivity index (χ4n) is 6.15. The van der Waals surface area contributed by atoms with Gasteiger partial charge >= 0.3 is 5.69 Å². The first-order valence-electron chi connectivity index (χ1n) is 14.2. The molecule has 228 valence electrons. The number of nitrogens with zero attached hydrogens (tertiary/aromatic N) is 1. The Balaban J connectivity index is 1.47. The Labute approximate surface area is 253 Å². The summed E-state index contributed by atoms with van der Waals surface area (Å²) in [6.07, 6.45) is -1.17. The van der Waals surface area contributed by atoms with Crippen LogP contribution in [0.4, 0.5) is 0 Å². The first kappa shape index (κ1) is 29.4. The van der Waals surface area contributed by atoms with E-state index in [1.807, 2.05) is 78.9 Å². The molecule has 2 aliphatic rings. The summed E-state index contributed by atoms with van der Waals surface area (Å²) in [6, 6.07) is 23.6. The highest BCUT2D eigenvalue weighted by Crippen LogP contribution is 2.47. The number of methoxy groups -OCH3 is 2. The van der Waals surface area contributed by atoms with E-state index in [2.05, 4.69) is 10.3 Å². The van der Waals surface area contributed by atoms with E-state index in [9.17, 15) is 19.5 Å². The molecule has 11 nitrogen and oxygen atoms in total. The number of aromatic amines is 1. The average Bonchev–Trinajstić information content (AvgIpc) is 3.19. The van der Waals surface area contributed by atoms with Crippen LogP contribution >= 0.6 is 0 Å². The fraction of sp³-hybridized carbons (Fsp3) is 0.303. The van der Waals surface area contributed by atoms with Crippen LogP contribution in [0.5, 0.6) is 11.5 Å². The van der Waals surface area contributed by atoms with Gasteiger partial charge in [0.05, 0.1) is 27.2 Å². The molecule has 11 heteroatoms. The van der Waals surface area contributed by atoms with E-state index in [0.29, 0.717) is 11.5 Å². The zero-order chi connectivity index (χ0) is 31.1. The Hall–Kier alpha value is -4.71. The number of hydrogen-bond acceptors (Lipinski definition) is 8. The molecule has 3 aromatic carbocycles. The van der Waals surface area contributed by atoms with Gasteiger partial charge in [0, 0.05) is 11.8 Å². The minimum Gasteiger partial charge on any atom is -0.497 e. The molecule has 6 rings (SSSR count). The van der Waals surface area contributed by atoms with Gasteiger partial charge in [0.15, 0.2) is 6.23 Å². The van der Waals surface area contributed by atoms with Gasteiger partial charge in [-0.2, -0.15) is 0 Å². The van der Waals surface area contributed by atoms with Gasteiger partial charge in [-0.1, -0.05) is 54.6 Å². The van der Waals surface area contributed by atoms with Crippen LogP contribution in [-0.4, -0.2) is 59.1 Å². The van der Waals surface area contributed by atoms with Crippen LogP contribution < -0.4 is 26.0 Å². The molecule has 0 radical (unpaired) electrons. The van der Waals surface area contributed by atoms with Crippen molar-refractivity contribution in [2.45, 2.75) is 42.9 Å². The minimum absolute atomic E-state index is 0.214. The second kappa shape index (κ2) is 11.4. The van der Waals surface area contributed by atoms with Crippen molar-refractivity contribution in [3.63, 3.8) is 0 Å². The number of amides is 1. The van der Waals surface area contributed by atoms with Crippen LogP contribution in [0.3, 0.4) is 0 Å². The molecular weight excluding hydrogens is 566 g/mol. The van der Waals surface area contributed by atoms with Crippen LogP contribution in [0.1, 0.15) is 34.9 Å². The normalized spacial score (nSPS) is 22.8. The number of piperidine rings is 1. The van der Waals surface area contributed by atoms with Crippen molar-refractivity contribution in [1.29, 1.82) is 0 Å². The average molecular weight is 600 g/mol. The van der Waals surface area contributed by atoms with E-state index >= 15 is 0 Å². The van der Waals surface area contributed by atoms with Gasteiger partial charge in [0.2, 0.25) is 5.91 Å². The number of carbonyl (C=O) groups is 1. The summed E-state index contributed by atoms with van der Waals surface area (Å²) in [4.78, 5) is 40.1. The molecule has 4 atom stereocenters. The summed E-state index contributed by atoms with van der Waals surface area (Å²) in [7, 11) is 3.18. The number of carbonyl (C=O) groups excluding carboxylic acids is 1. The van der Waals surface area contributed by atoms with Crippen LogP contribution in [0, 0.1) is 6.92 Å². The lowest BCUT2D eigenvalue weighted by Crippen LogP contribution is -2.60. The Bertz CT molecular complexity index is 1720. The van der Waals surface area contributed by atoms with Gasteiger partial charge in [0.25, 0.3) is 5.56 Å². The quantitative estimate of drug-likeness (QED) is 0.249. The van der Waals surface area contributed by atoms with Crippen molar-refractivity contribution in [1.82, 2.24) is 14.9 Å². The van der Waals surface area contributed by atoms with Gasteiger partial charge < -0.3 is 29.4 Å². The van der Waals surface area contributed by atoms with Crippen molar-refractivity contribution >= 4 is 5.91 Å². The maximum Gasteiger partial charge on any atom is 0.330 e. The lowest BCUT2D eigenvalue weighted by atomic mass is 9.79. The summed E-state index contributed by atoms with van der Waals surface area (Å²) in [5, 5.41) is 14.4. The third-order valence-corrected chi connectivity index (χ3v) is 8.46. The zero-order valence-electron chi connectivity index (χ0n) is 24.5. The fourth-order valence-corrected chi connectivity index (χ4v) is 6.15. The van der Waals surface area contributed by atoms with Gasteiger partial charge in [-0.3, -0.25) is 19.1 Å². The highest BCUT2D eigenvalue weighted by Gasteiger charge is 2.61. The molecule has 3 heterocycles. The number of H-pyrrole nitrogens is 1. The van der Waals surface area contributed by atoms with Crippen LogP contribution in [0.2, 0.25) is 0 Å². The number of benzene rings is 3. The van der Waals surface area contributed by atoms with Gasteiger partial charge in [0.1, 0.15) is 34.8 Å². The second-order valence-electron chi connectivity index (χ2n) is 11.1. The molecule has 2 aliphatic heterocycles. The van der Waals surface area contributed by atoms with E-state index in [-0.39, 0.29) is 24.5 Å². The first-order valence-corrected chi connectivity index (χ1v) is 14.2. The van der Waals surface area contributed by atoms with Gasteiger partial charge in [-0.15, -0.1) is 0 Å². The number of fused-ring (bicyclic) bond motifs is 2. The minimum atomic E-state index is -1.51. The Morgan fingerprint density at radius 1 is 0.909 bits per heavy atom. The number of aromatic nitrogens is 2. The topological polar surface area (TPSA) is 141 Å². The van der Waals surface area contributed by atoms with Gasteiger partial charge in [-0.25, -0.2) is 4.79 Å². The van der Waals surface area contributed by atoms with Gasteiger partial charge in [-0.05, 0) is 47.9 Å². The largest absolute Gasteiger partial charge is 0.497 e. The number of ether oxygens (including phenoxy) is 4. The maximum absolute atomic E-state index is 13.0. The molecule has 0 aliphatic carbocycles. The van der Waals surface area contributed by atoms with Crippen molar-refractivity contribution in [3.05, 3.63) is 128 Å². The third kappa shape index (κ3) is 4.88. The molecule has 2 fully saturated rings. The van der Waals surface area contributed by atoms with Crippen molar-refractivity contribution in [2.24, 2.45) is 0 Å². The Morgan fingerprint density at radius 3 is 2.05 bits per heavy atom. The van der Waals surface area contributed by atoms with Crippen molar-refractivity contribution in [2.75, 3.05) is 20.8 Å². The summed E-state index contributed by atoms with van der Waals surface area (Å²) in [5.41, 5.74) is -1.39. The summed E-state index contributed by atoms with van der Waals surface area (Å²) >= 11 is 0. The third-order valence-electron chi connectivity index (χ3n) is 8.46. The SMILES string of the molecule is COc1ccc(C(OC[C@@]23CC(=O)N[C@@H]([C@H](n4cc(C)c(=O)[nH]c4=O)O2)[C@@H]3O)(c2ccccc2)c2ccc(OC)cc2)cc1. The van der Waals surface area contributed by atoms with Crippen molar-refractivity contribution in [3.8, 4) is 11.5 Å². The number of aliphatic hydroxyl groups is 1. The van der Waals surface area contributed by atoms with Crippen molar-refractivity contribution < 1.29 is 28.8 Å². The highest BCUT2D eigenvalue weighted by atomic mass is 16.6. The molecule has 1 aromatic heterocycles. The first-order chi connectivity index (χ1) is 21.2. The molecule has 4 aromatic rings. The van der Waals surface area contributed by atoms with E-state index in [4.69, 9.17) is 18.9 Å². The molecule has 3 N–H and O–H groups in total. The Kier molecular flexibility index (Phi) is 7.62. The maximum atomic E-state index is 13.0. The molecule has 0 spiro atoms. The summed E-state index contributed by atoms with van der Waals surface area (Å²) in [6.45, 7) is 1.33. The predicted molar refractivity (Wildman–Crippen MR) is 160 cm³/mol. The van der Waals surface area contributed by atoms with E-state index in [1.165, 1.54) is 10.8 Å². The van der Waals surface area contributed by atoms with Crippen LogP contribution in [0.25, 0.3) is 0 Å².